The minimum atomic E-state index is -1.24. The number of aliphatic hydroxyl groups excluding tert-OH is 6. The fourth-order valence-corrected chi connectivity index (χ4v) is 3.74. The predicted molar refractivity (Wildman–Crippen MR) is 152 cm³/mol. The summed E-state index contributed by atoms with van der Waals surface area (Å²) in [5.74, 6) is 0. The number of aromatic amines is 1. The SMILES string of the molecule is CC(O)CN(C)C.CC(O)CN(C)C.CC(O)CN(C)C.O=c1[nH]cnc2c1ncn2C1OC(CO)C(O)C1O. The van der Waals surface area contributed by atoms with Crippen LogP contribution < -0.4 is 5.56 Å². The Hall–Kier alpha value is -2.05. The number of nitrogens with one attached hydrogen (secondary N) is 1. The number of aliphatic hydroxyl groups is 6. The molecule has 1 saturated heterocycles. The summed E-state index contributed by atoms with van der Waals surface area (Å²) in [6.45, 7) is 7.16. The van der Waals surface area contributed by atoms with Gasteiger partial charge in [-0.05, 0) is 63.1 Å². The van der Waals surface area contributed by atoms with Gasteiger partial charge in [-0.25, -0.2) is 9.97 Å². The number of imidazole rings is 1. The highest BCUT2D eigenvalue weighted by molar-refractivity contribution is 5.68. The second-order valence-electron chi connectivity index (χ2n) is 10.6. The van der Waals surface area contributed by atoms with Gasteiger partial charge >= 0.3 is 0 Å². The highest BCUT2D eigenvalue weighted by Gasteiger charge is 2.43. The van der Waals surface area contributed by atoms with Crippen molar-refractivity contribution in [2.45, 2.75) is 63.6 Å². The Morgan fingerprint density at radius 1 is 0.875 bits per heavy atom. The number of rotatable bonds is 8. The summed E-state index contributed by atoms with van der Waals surface area (Å²) in [6.07, 6.45) is -2.38. The molecule has 1 aliphatic rings. The number of aromatic nitrogens is 4. The lowest BCUT2D eigenvalue weighted by Crippen LogP contribution is -2.33. The van der Waals surface area contributed by atoms with Crippen molar-refractivity contribution in [3.63, 3.8) is 0 Å². The molecule has 15 nitrogen and oxygen atoms in total. The average molecular weight is 578 g/mol. The summed E-state index contributed by atoms with van der Waals surface area (Å²) in [7, 11) is 11.6. The van der Waals surface area contributed by atoms with Gasteiger partial charge < -0.3 is 55.1 Å². The van der Waals surface area contributed by atoms with Crippen molar-refractivity contribution in [3.8, 4) is 0 Å². The van der Waals surface area contributed by atoms with Gasteiger partial charge in [-0.1, -0.05) is 0 Å². The van der Waals surface area contributed by atoms with Crippen molar-refractivity contribution in [1.29, 1.82) is 0 Å². The summed E-state index contributed by atoms with van der Waals surface area (Å²) >= 11 is 0. The van der Waals surface area contributed by atoms with Gasteiger partial charge in [0, 0.05) is 19.6 Å². The third kappa shape index (κ3) is 14.5. The molecule has 0 bridgehead atoms. The Bertz CT molecular complexity index is 930. The highest BCUT2D eigenvalue weighted by atomic mass is 16.6. The zero-order chi connectivity index (χ0) is 31.2. The Morgan fingerprint density at radius 3 is 1.65 bits per heavy atom. The Morgan fingerprint density at radius 2 is 1.32 bits per heavy atom. The maximum absolute atomic E-state index is 11.5. The summed E-state index contributed by atoms with van der Waals surface area (Å²) in [5.41, 5.74) is -0.0608. The normalized spacial score (nSPS) is 22.6. The number of fused-ring (bicyclic) bond motifs is 1. The van der Waals surface area contributed by atoms with E-state index in [-0.39, 0.29) is 29.5 Å². The Labute approximate surface area is 236 Å². The molecule has 234 valence electrons. The monoisotopic (exact) mass is 577 g/mol. The lowest BCUT2D eigenvalue weighted by atomic mass is 10.1. The van der Waals surface area contributed by atoms with Gasteiger partial charge in [0.05, 0.1) is 37.6 Å². The van der Waals surface area contributed by atoms with E-state index in [1.807, 2.05) is 57.0 Å². The third-order valence-electron chi connectivity index (χ3n) is 5.04. The van der Waals surface area contributed by atoms with Gasteiger partial charge in [0.15, 0.2) is 17.4 Å². The van der Waals surface area contributed by atoms with Crippen molar-refractivity contribution in [1.82, 2.24) is 34.2 Å². The molecule has 3 heterocycles. The molecule has 1 aliphatic heterocycles. The molecule has 7 atom stereocenters. The van der Waals surface area contributed by atoms with E-state index in [2.05, 4.69) is 15.0 Å². The summed E-state index contributed by atoms with van der Waals surface area (Å²) < 4.78 is 6.70. The number of likely N-dealkylation sites (N-methyl/N-ethyl adjacent to an activating group) is 3. The van der Waals surface area contributed by atoms with Crippen LogP contribution in [0.3, 0.4) is 0 Å². The van der Waals surface area contributed by atoms with Crippen LogP contribution in [0.25, 0.3) is 11.2 Å². The second kappa shape index (κ2) is 19.1. The third-order valence-corrected chi connectivity index (χ3v) is 5.04. The molecule has 40 heavy (non-hydrogen) atoms. The van der Waals surface area contributed by atoms with Gasteiger partial charge in [-0.3, -0.25) is 9.36 Å². The molecule has 7 N–H and O–H groups in total. The molecule has 0 amide bonds. The van der Waals surface area contributed by atoms with Crippen LogP contribution in [0.2, 0.25) is 0 Å². The van der Waals surface area contributed by atoms with E-state index in [0.29, 0.717) is 0 Å². The van der Waals surface area contributed by atoms with Crippen LogP contribution >= 0.6 is 0 Å². The number of ether oxygens (including phenoxy) is 1. The number of nitrogens with zero attached hydrogens (tertiary/aromatic N) is 6. The number of hydrogen-bond donors (Lipinski definition) is 7. The van der Waals surface area contributed by atoms with Crippen LogP contribution in [-0.4, -0.2) is 170 Å². The molecule has 0 spiro atoms. The van der Waals surface area contributed by atoms with Crippen LogP contribution in [0, 0.1) is 0 Å². The van der Waals surface area contributed by atoms with Gasteiger partial charge in [-0.2, -0.15) is 0 Å². The molecule has 7 unspecified atom stereocenters. The summed E-state index contributed by atoms with van der Waals surface area (Å²) in [4.78, 5) is 27.6. The van der Waals surface area contributed by atoms with Crippen LogP contribution in [-0.2, 0) is 4.74 Å². The zero-order valence-corrected chi connectivity index (χ0v) is 25.2. The Balaban J connectivity index is 0.000000603. The maximum Gasteiger partial charge on any atom is 0.278 e. The van der Waals surface area contributed by atoms with Gasteiger partial charge in [0.1, 0.15) is 18.3 Å². The smallest absolute Gasteiger partial charge is 0.278 e. The fraction of sp³-hybridized carbons (Fsp3) is 0.800. The van der Waals surface area contributed by atoms with Crippen molar-refractivity contribution in [2.24, 2.45) is 0 Å². The first-order chi connectivity index (χ1) is 18.5. The molecular formula is C25H51N7O8. The summed E-state index contributed by atoms with van der Waals surface area (Å²) in [5, 5.41) is 54.7. The molecule has 3 rings (SSSR count). The zero-order valence-electron chi connectivity index (χ0n) is 25.2. The second-order valence-corrected chi connectivity index (χ2v) is 10.6. The minimum absolute atomic E-state index is 0.111. The van der Waals surface area contributed by atoms with Crippen LogP contribution in [0.15, 0.2) is 17.4 Å². The quantitative estimate of drug-likeness (QED) is 0.174. The van der Waals surface area contributed by atoms with Crippen LogP contribution in [0.1, 0.15) is 27.0 Å². The molecule has 15 heteroatoms. The average Bonchev–Trinajstić information content (AvgIpc) is 3.34. The van der Waals surface area contributed by atoms with E-state index >= 15 is 0 Å². The van der Waals surface area contributed by atoms with Gasteiger partial charge in [0.2, 0.25) is 0 Å². The van der Waals surface area contributed by atoms with E-state index in [4.69, 9.17) is 25.2 Å². The van der Waals surface area contributed by atoms with Crippen LogP contribution in [0.4, 0.5) is 0 Å². The van der Waals surface area contributed by atoms with Gasteiger partial charge in [0.25, 0.3) is 5.56 Å². The summed E-state index contributed by atoms with van der Waals surface area (Å²) in [6, 6.07) is 0. The maximum atomic E-state index is 11.5. The first-order valence-corrected chi connectivity index (χ1v) is 13.0. The molecule has 2 aromatic heterocycles. The molecule has 0 saturated carbocycles. The van der Waals surface area contributed by atoms with E-state index in [1.54, 1.807) is 20.8 Å². The highest BCUT2D eigenvalue weighted by Crippen LogP contribution is 2.30. The predicted octanol–water partition coefficient (Wildman–Crippen LogP) is -2.48. The molecular weight excluding hydrogens is 526 g/mol. The van der Waals surface area contributed by atoms with Crippen molar-refractivity contribution >= 4 is 11.2 Å². The molecule has 0 aromatic carbocycles. The van der Waals surface area contributed by atoms with E-state index in [1.165, 1.54) is 17.2 Å². The van der Waals surface area contributed by atoms with E-state index < -0.39 is 36.7 Å². The topological polar surface area (TPSA) is 204 Å². The fourth-order valence-electron chi connectivity index (χ4n) is 3.74. The molecule has 2 aromatic rings. The minimum Gasteiger partial charge on any atom is -0.394 e. The standard InChI is InChI=1S/C10H12N4O5.3C5H13NO/c15-1-4-6(16)7(17)10(19-4)14-3-13-5-8(14)11-2-12-9(5)18;3*1-5(7)4-6(2)3/h2-4,6-7,10,15-17H,1H2,(H,11,12,18);3*5,7H,4H2,1-3H3. The lowest BCUT2D eigenvalue weighted by molar-refractivity contribution is -0.0511. The largest absolute Gasteiger partial charge is 0.394 e. The lowest BCUT2D eigenvalue weighted by Gasteiger charge is -2.16. The van der Waals surface area contributed by atoms with E-state index in [9.17, 15) is 15.0 Å². The van der Waals surface area contributed by atoms with Crippen LogP contribution in [0.5, 0.6) is 0 Å². The molecule has 1 fully saturated rings. The number of H-pyrrole nitrogens is 1. The van der Waals surface area contributed by atoms with Crippen molar-refractivity contribution < 1.29 is 35.4 Å². The van der Waals surface area contributed by atoms with Gasteiger partial charge in [-0.15, -0.1) is 0 Å². The molecule has 0 radical (unpaired) electrons. The molecule has 0 aliphatic carbocycles. The number of hydrogen-bond acceptors (Lipinski definition) is 13. The van der Waals surface area contributed by atoms with Crippen molar-refractivity contribution in [3.05, 3.63) is 23.0 Å². The first-order valence-electron chi connectivity index (χ1n) is 13.0. The van der Waals surface area contributed by atoms with Crippen molar-refractivity contribution in [2.75, 3.05) is 68.5 Å². The van der Waals surface area contributed by atoms with E-state index in [0.717, 1.165) is 19.6 Å². The Kier molecular flexibility index (Phi) is 18.2. The first kappa shape index (κ1) is 38.0.